The molecule has 5 nitrogen and oxygen atoms in total. The Balaban J connectivity index is 1.74. The molecular weight excluding hydrogens is 242 g/mol. The number of amidine groups is 1. The van der Waals surface area contributed by atoms with Crippen LogP contribution in [0.3, 0.4) is 0 Å². The van der Waals surface area contributed by atoms with Crippen LogP contribution in [-0.2, 0) is 16.1 Å². The minimum Gasteiger partial charge on any atom is -0.384 e. The zero-order valence-corrected chi connectivity index (χ0v) is 11.1. The van der Waals surface area contributed by atoms with Crippen molar-refractivity contribution in [2.45, 2.75) is 6.61 Å². The number of nitrogens with two attached hydrogens (primary N) is 1. The summed E-state index contributed by atoms with van der Waals surface area (Å²) in [5.41, 5.74) is 7.27. The average Bonchev–Trinajstić information content (AvgIpc) is 2.45. The van der Waals surface area contributed by atoms with E-state index in [2.05, 4.69) is 4.90 Å². The van der Waals surface area contributed by atoms with Gasteiger partial charge < -0.3 is 15.2 Å². The first kappa shape index (κ1) is 14.0. The van der Waals surface area contributed by atoms with Gasteiger partial charge in [-0.3, -0.25) is 10.3 Å². The molecule has 1 saturated heterocycles. The van der Waals surface area contributed by atoms with Crippen molar-refractivity contribution in [2.75, 3.05) is 39.5 Å². The van der Waals surface area contributed by atoms with Crippen molar-refractivity contribution in [3.8, 4) is 0 Å². The van der Waals surface area contributed by atoms with Gasteiger partial charge in [-0.25, -0.2) is 0 Å². The fraction of sp³-hybridized carbons (Fsp3) is 0.500. The van der Waals surface area contributed by atoms with Crippen LogP contribution in [0.5, 0.6) is 0 Å². The highest BCUT2D eigenvalue weighted by Crippen LogP contribution is 2.09. The molecule has 0 amide bonds. The van der Waals surface area contributed by atoms with Crippen molar-refractivity contribution in [1.29, 1.82) is 5.41 Å². The third-order valence-electron chi connectivity index (χ3n) is 3.22. The van der Waals surface area contributed by atoms with Crippen LogP contribution in [0, 0.1) is 5.41 Å². The molecule has 1 aromatic rings. The molecular formula is C14H21N3O2. The molecule has 104 valence electrons. The van der Waals surface area contributed by atoms with Crippen LogP contribution >= 0.6 is 0 Å². The Morgan fingerprint density at radius 3 is 2.79 bits per heavy atom. The molecule has 0 unspecified atom stereocenters. The molecule has 1 heterocycles. The van der Waals surface area contributed by atoms with Gasteiger partial charge in [0.05, 0.1) is 26.4 Å². The van der Waals surface area contributed by atoms with E-state index in [1.165, 1.54) is 0 Å². The van der Waals surface area contributed by atoms with Crippen LogP contribution in [0.4, 0.5) is 0 Å². The summed E-state index contributed by atoms with van der Waals surface area (Å²) < 4.78 is 11.0. The van der Waals surface area contributed by atoms with E-state index in [0.29, 0.717) is 13.2 Å². The summed E-state index contributed by atoms with van der Waals surface area (Å²) in [4.78, 5) is 2.33. The SMILES string of the molecule is N=C(N)c1ccccc1COCCN1CCOCC1. The molecule has 0 aromatic heterocycles. The number of hydrogen-bond donors (Lipinski definition) is 2. The highest BCUT2D eigenvalue weighted by Gasteiger charge is 2.10. The molecule has 0 radical (unpaired) electrons. The molecule has 0 atom stereocenters. The van der Waals surface area contributed by atoms with Crippen molar-refractivity contribution >= 4 is 5.84 Å². The topological polar surface area (TPSA) is 71.6 Å². The Morgan fingerprint density at radius 1 is 1.32 bits per heavy atom. The van der Waals surface area contributed by atoms with E-state index < -0.39 is 0 Å². The van der Waals surface area contributed by atoms with Gasteiger partial charge in [0, 0.05) is 25.2 Å². The molecule has 2 rings (SSSR count). The Labute approximate surface area is 113 Å². The maximum absolute atomic E-state index is 7.52. The summed E-state index contributed by atoms with van der Waals surface area (Å²) >= 11 is 0. The standard InChI is InChI=1S/C14H21N3O2/c15-14(16)13-4-2-1-3-12(13)11-19-10-7-17-5-8-18-9-6-17/h1-4H,5-11H2,(H3,15,16). The van der Waals surface area contributed by atoms with Crippen molar-refractivity contribution in [3.05, 3.63) is 35.4 Å². The summed E-state index contributed by atoms with van der Waals surface area (Å²) in [5.74, 6) is 0.0902. The molecule has 0 bridgehead atoms. The van der Waals surface area contributed by atoms with Crippen LogP contribution in [0.1, 0.15) is 11.1 Å². The number of nitrogen functional groups attached to an aromatic ring is 1. The lowest BCUT2D eigenvalue weighted by molar-refractivity contribution is 0.0180. The predicted molar refractivity (Wildman–Crippen MR) is 74.4 cm³/mol. The third kappa shape index (κ3) is 4.31. The van der Waals surface area contributed by atoms with Crippen LogP contribution < -0.4 is 5.73 Å². The van der Waals surface area contributed by atoms with Crippen molar-refractivity contribution < 1.29 is 9.47 Å². The summed E-state index contributed by atoms with van der Waals surface area (Å²) in [6.45, 7) is 5.69. The number of rotatable bonds is 6. The Bertz CT molecular complexity index is 417. The maximum atomic E-state index is 7.52. The molecule has 0 spiro atoms. The van der Waals surface area contributed by atoms with E-state index in [1.807, 2.05) is 24.3 Å². The summed E-state index contributed by atoms with van der Waals surface area (Å²) in [7, 11) is 0. The average molecular weight is 263 g/mol. The second-order valence-corrected chi connectivity index (χ2v) is 4.58. The van der Waals surface area contributed by atoms with Gasteiger partial charge in [0.2, 0.25) is 0 Å². The maximum Gasteiger partial charge on any atom is 0.123 e. The highest BCUT2D eigenvalue weighted by molar-refractivity contribution is 5.96. The van der Waals surface area contributed by atoms with E-state index >= 15 is 0 Å². The number of benzene rings is 1. The second-order valence-electron chi connectivity index (χ2n) is 4.58. The first-order chi connectivity index (χ1) is 9.27. The fourth-order valence-electron chi connectivity index (χ4n) is 2.11. The largest absolute Gasteiger partial charge is 0.384 e. The van der Waals surface area contributed by atoms with Gasteiger partial charge in [0.25, 0.3) is 0 Å². The third-order valence-corrected chi connectivity index (χ3v) is 3.22. The van der Waals surface area contributed by atoms with Gasteiger partial charge in [0.1, 0.15) is 5.84 Å². The van der Waals surface area contributed by atoms with Crippen molar-refractivity contribution in [2.24, 2.45) is 5.73 Å². The number of nitrogens with zero attached hydrogens (tertiary/aromatic N) is 1. The Hall–Kier alpha value is -1.43. The molecule has 1 fully saturated rings. The van der Waals surface area contributed by atoms with E-state index in [0.717, 1.165) is 44.0 Å². The minimum atomic E-state index is 0.0902. The molecule has 1 aliphatic heterocycles. The lowest BCUT2D eigenvalue weighted by Crippen LogP contribution is -2.38. The fourth-order valence-corrected chi connectivity index (χ4v) is 2.11. The quantitative estimate of drug-likeness (QED) is 0.453. The number of morpholine rings is 1. The van der Waals surface area contributed by atoms with Crippen molar-refractivity contribution in [1.82, 2.24) is 4.90 Å². The molecule has 19 heavy (non-hydrogen) atoms. The highest BCUT2D eigenvalue weighted by atomic mass is 16.5. The predicted octanol–water partition coefficient (Wildman–Crippen LogP) is 0.819. The molecule has 0 saturated carbocycles. The zero-order valence-electron chi connectivity index (χ0n) is 11.1. The lowest BCUT2D eigenvalue weighted by atomic mass is 10.1. The van der Waals surface area contributed by atoms with Gasteiger partial charge in [-0.05, 0) is 5.56 Å². The molecule has 3 N–H and O–H groups in total. The smallest absolute Gasteiger partial charge is 0.123 e. The number of nitrogens with one attached hydrogen (secondary N) is 1. The van der Waals surface area contributed by atoms with Crippen LogP contribution in [0.25, 0.3) is 0 Å². The summed E-state index contributed by atoms with van der Waals surface area (Å²) in [5, 5.41) is 7.52. The van der Waals surface area contributed by atoms with Crippen molar-refractivity contribution in [3.63, 3.8) is 0 Å². The van der Waals surface area contributed by atoms with Gasteiger partial charge in [-0.1, -0.05) is 24.3 Å². The molecule has 5 heteroatoms. The molecule has 0 aliphatic carbocycles. The van der Waals surface area contributed by atoms with Crippen LogP contribution in [0.15, 0.2) is 24.3 Å². The molecule has 1 aromatic carbocycles. The number of ether oxygens (including phenoxy) is 2. The Morgan fingerprint density at radius 2 is 2.05 bits per heavy atom. The lowest BCUT2D eigenvalue weighted by Gasteiger charge is -2.26. The van der Waals surface area contributed by atoms with Gasteiger partial charge >= 0.3 is 0 Å². The van der Waals surface area contributed by atoms with Gasteiger partial charge in [-0.2, -0.15) is 0 Å². The van der Waals surface area contributed by atoms with Crippen LogP contribution in [-0.4, -0.2) is 50.2 Å². The first-order valence-corrected chi connectivity index (χ1v) is 6.57. The van der Waals surface area contributed by atoms with E-state index in [-0.39, 0.29) is 5.84 Å². The normalized spacial score (nSPS) is 16.4. The van der Waals surface area contributed by atoms with E-state index in [1.54, 1.807) is 0 Å². The summed E-state index contributed by atoms with van der Waals surface area (Å²) in [6, 6.07) is 7.62. The number of hydrogen-bond acceptors (Lipinski definition) is 4. The van der Waals surface area contributed by atoms with Crippen LogP contribution in [0.2, 0.25) is 0 Å². The monoisotopic (exact) mass is 263 g/mol. The Kier molecular flexibility index (Phi) is 5.32. The second kappa shape index (κ2) is 7.23. The van der Waals surface area contributed by atoms with Gasteiger partial charge in [-0.15, -0.1) is 0 Å². The minimum absolute atomic E-state index is 0.0902. The van der Waals surface area contributed by atoms with E-state index in [9.17, 15) is 0 Å². The first-order valence-electron chi connectivity index (χ1n) is 6.57. The summed E-state index contributed by atoms with van der Waals surface area (Å²) in [6.07, 6.45) is 0. The van der Waals surface area contributed by atoms with Gasteiger partial charge in [0.15, 0.2) is 0 Å². The van der Waals surface area contributed by atoms with E-state index in [4.69, 9.17) is 20.6 Å². The zero-order chi connectivity index (χ0) is 13.5. The molecule has 1 aliphatic rings.